The van der Waals surface area contributed by atoms with E-state index in [1.807, 2.05) is 59.8 Å². The Balaban J connectivity index is 2.29. The number of hydrogen-bond donors (Lipinski definition) is 3. The van der Waals surface area contributed by atoms with Crippen LogP contribution in [-0.2, 0) is 33.4 Å². The van der Waals surface area contributed by atoms with Crippen molar-refractivity contribution < 1.29 is 38.6 Å². The summed E-state index contributed by atoms with van der Waals surface area (Å²) in [6, 6.07) is -2.54. The highest BCUT2D eigenvalue weighted by Crippen LogP contribution is 2.30. The van der Waals surface area contributed by atoms with Crippen LogP contribution in [0.5, 0.6) is 0 Å². The molecule has 1 saturated heterocycles. The minimum Gasteiger partial charge on any atom is -0.480 e. The molecule has 1 aliphatic heterocycles. The number of aliphatic imine (C=N–C) groups is 1. The van der Waals surface area contributed by atoms with Gasteiger partial charge in [-0.05, 0) is 51.0 Å². The minimum absolute atomic E-state index is 0.0210. The Kier molecular flexibility index (Phi) is 18.3. The molecule has 3 N–H and O–H groups in total. The number of methoxy groups -OCH3 is 2. The van der Waals surface area contributed by atoms with Gasteiger partial charge in [0.15, 0.2) is 0 Å². The molecule has 0 aromatic heterocycles. The van der Waals surface area contributed by atoms with E-state index in [1.54, 1.807) is 30.8 Å². The van der Waals surface area contributed by atoms with Gasteiger partial charge in [-0.1, -0.05) is 78.7 Å². The first-order valence-electron chi connectivity index (χ1n) is 18.8. The van der Waals surface area contributed by atoms with E-state index < -0.39 is 66.0 Å². The lowest BCUT2D eigenvalue weighted by atomic mass is 9.89. The molecule has 0 saturated carbocycles. The first kappa shape index (κ1) is 44.7. The molecule has 2 rings (SSSR count). The van der Waals surface area contributed by atoms with E-state index in [2.05, 4.69) is 15.6 Å². The summed E-state index contributed by atoms with van der Waals surface area (Å²) in [7, 11) is 6.39. The van der Waals surface area contributed by atoms with E-state index >= 15 is 0 Å². The van der Waals surface area contributed by atoms with Crippen molar-refractivity contribution in [1.82, 2.24) is 20.4 Å². The van der Waals surface area contributed by atoms with E-state index in [9.17, 15) is 29.1 Å². The highest BCUT2D eigenvalue weighted by Gasteiger charge is 2.43. The zero-order valence-corrected chi connectivity index (χ0v) is 33.3. The number of ether oxygens (including phenoxy) is 2. The van der Waals surface area contributed by atoms with Gasteiger partial charge in [0.1, 0.15) is 11.8 Å². The zero-order valence-electron chi connectivity index (χ0n) is 33.3. The van der Waals surface area contributed by atoms with Crippen LogP contribution in [0.25, 0.3) is 0 Å². The molecule has 1 fully saturated rings. The highest BCUT2D eigenvalue weighted by atomic mass is 16.5. The van der Waals surface area contributed by atoms with Gasteiger partial charge < -0.3 is 35.0 Å². The standard InChI is InChI=1S/C39H65N5O8/c1-12-25(6)34(43(9)38(48)33(24(4)5)42-37(47)32(40-8)23(2)3)30(51-10)22-31(45)44-20-16-19-29(44)35(52-11)26(7)36(46)41-28(39(49)50)21-27-17-14-13-15-18-27/h13-14,17,23-26,28-30,32,34-35,40H,12,15-16,18-22H2,1-11H3,(H,41,46)(H,49,50)/b42-33+/t25-,26+,28+,29-,30+,32-,34?,35+/m0/s1. The van der Waals surface area contributed by atoms with Gasteiger partial charge in [-0.2, -0.15) is 0 Å². The van der Waals surface area contributed by atoms with Crippen molar-refractivity contribution in [3.05, 3.63) is 23.8 Å². The third kappa shape index (κ3) is 11.8. The van der Waals surface area contributed by atoms with Crippen molar-refractivity contribution >= 4 is 35.3 Å². The maximum atomic E-state index is 14.1. The van der Waals surface area contributed by atoms with Crippen LogP contribution < -0.4 is 10.6 Å². The number of carbonyl (C=O) groups is 5. The molecule has 1 heterocycles. The number of amides is 4. The Morgan fingerprint density at radius 1 is 1.08 bits per heavy atom. The van der Waals surface area contributed by atoms with E-state index in [4.69, 9.17) is 9.47 Å². The average molecular weight is 732 g/mol. The number of likely N-dealkylation sites (tertiary alicyclic amines) is 1. The summed E-state index contributed by atoms with van der Waals surface area (Å²) >= 11 is 0. The van der Waals surface area contributed by atoms with Crippen molar-refractivity contribution in [3.8, 4) is 0 Å². The topological polar surface area (TPSA) is 167 Å². The number of carboxylic acids is 1. The number of carboxylic acid groups (broad SMARTS) is 1. The van der Waals surface area contributed by atoms with Crippen LogP contribution in [0.4, 0.5) is 0 Å². The lowest BCUT2D eigenvalue weighted by Crippen LogP contribution is -2.55. The predicted octanol–water partition coefficient (Wildman–Crippen LogP) is 4.01. The van der Waals surface area contributed by atoms with E-state index in [1.165, 1.54) is 14.2 Å². The fourth-order valence-electron chi connectivity index (χ4n) is 7.42. The van der Waals surface area contributed by atoms with Gasteiger partial charge in [-0.3, -0.25) is 19.2 Å². The van der Waals surface area contributed by atoms with Gasteiger partial charge in [-0.25, -0.2) is 9.79 Å². The van der Waals surface area contributed by atoms with Crippen LogP contribution in [0.2, 0.25) is 0 Å². The molecule has 2 aliphatic rings. The first-order chi connectivity index (χ1) is 24.5. The summed E-state index contributed by atoms with van der Waals surface area (Å²) in [5, 5.41) is 15.6. The van der Waals surface area contributed by atoms with Crippen molar-refractivity contribution in [3.63, 3.8) is 0 Å². The molecule has 8 atom stereocenters. The van der Waals surface area contributed by atoms with Gasteiger partial charge >= 0.3 is 5.97 Å². The summed E-state index contributed by atoms with van der Waals surface area (Å²) in [5.74, 6) is -3.71. The van der Waals surface area contributed by atoms with Crippen LogP contribution in [0.1, 0.15) is 93.4 Å². The van der Waals surface area contributed by atoms with Crippen LogP contribution in [0.15, 0.2) is 28.8 Å². The molecule has 0 aromatic carbocycles. The second-order valence-corrected chi connectivity index (χ2v) is 15.0. The van der Waals surface area contributed by atoms with Crippen molar-refractivity contribution in [2.24, 2.45) is 28.7 Å². The summed E-state index contributed by atoms with van der Waals surface area (Å²) in [6.07, 6.45) is 8.25. The lowest BCUT2D eigenvalue weighted by Gasteiger charge is -2.39. The van der Waals surface area contributed by atoms with Crippen molar-refractivity contribution in [1.29, 1.82) is 0 Å². The second-order valence-electron chi connectivity index (χ2n) is 15.0. The van der Waals surface area contributed by atoms with Gasteiger partial charge in [0.2, 0.25) is 11.8 Å². The number of rotatable bonds is 20. The van der Waals surface area contributed by atoms with E-state index in [-0.39, 0.29) is 42.2 Å². The van der Waals surface area contributed by atoms with Crippen LogP contribution in [-0.4, -0.2) is 121 Å². The molecule has 0 bridgehead atoms. The molecular weight excluding hydrogens is 666 g/mol. The Hall–Kier alpha value is -3.42. The second kappa shape index (κ2) is 21.3. The maximum Gasteiger partial charge on any atom is 0.326 e. The lowest BCUT2D eigenvalue weighted by molar-refractivity contribution is -0.146. The zero-order chi connectivity index (χ0) is 39.3. The van der Waals surface area contributed by atoms with Crippen LogP contribution in [0.3, 0.4) is 0 Å². The monoisotopic (exact) mass is 731 g/mol. The van der Waals surface area contributed by atoms with Gasteiger partial charge in [-0.15, -0.1) is 0 Å². The Labute approximate surface area is 311 Å². The molecule has 0 radical (unpaired) electrons. The summed E-state index contributed by atoms with van der Waals surface area (Å²) in [4.78, 5) is 74.4. The number of hydrogen-bond acceptors (Lipinski definition) is 8. The first-order valence-corrected chi connectivity index (χ1v) is 18.8. The fourth-order valence-corrected chi connectivity index (χ4v) is 7.42. The van der Waals surface area contributed by atoms with Crippen molar-refractivity contribution in [2.45, 2.75) is 130 Å². The summed E-state index contributed by atoms with van der Waals surface area (Å²) in [5.41, 5.74) is 1.11. The Morgan fingerprint density at radius 2 is 1.75 bits per heavy atom. The van der Waals surface area contributed by atoms with Crippen LogP contribution >= 0.6 is 0 Å². The minimum atomic E-state index is -1.11. The maximum absolute atomic E-state index is 14.1. The SMILES string of the molecule is CC[C@H](C)C([C@@H](CC(=O)N1CCC[C@H]1[C@H](OC)[C@@H](C)C(=O)N[C@H](CC1=CC=CCC1)C(=O)O)OC)N(C)C(=O)/C(=N/C(=O)[C@@H](NC)C(C)C)C(C)C. The van der Waals surface area contributed by atoms with Crippen LogP contribution in [0, 0.1) is 23.7 Å². The molecule has 13 nitrogen and oxygen atoms in total. The average Bonchev–Trinajstić information content (AvgIpc) is 3.59. The molecule has 0 spiro atoms. The largest absolute Gasteiger partial charge is 0.480 e. The Bertz CT molecular complexity index is 1330. The number of likely N-dealkylation sites (N-methyl/N-ethyl adjacent to an activating group) is 2. The Morgan fingerprint density at radius 3 is 2.25 bits per heavy atom. The molecule has 1 unspecified atom stereocenters. The molecule has 4 amide bonds. The molecule has 52 heavy (non-hydrogen) atoms. The molecule has 13 heteroatoms. The van der Waals surface area contributed by atoms with Gasteiger partial charge in [0.05, 0.1) is 42.7 Å². The number of allylic oxidation sites excluding steroid dienone is 3. The number of nitrogens with zero attached hydrogens (tertiary/aromatic N) is 3. The summed E-state index contributed by atoms with van der Waals surface area (Å²) in [6.45, 7) is 13.6. The van der Waals surface area contributed by atoms with E-state index in [0.29, 0.717) is 25.8 Å². The third-order valence-corrected chi connectivity index (χ3v) is 10.7. The molecule has 0 aromatic rings. The number of nitrogens with one attached hydrogen (secondary N) is 2. The predicted molar refractivity (Wildman–Crippen MR) is 202 cm³/mol. The molecule has 294 valence electrons. The number of aliphatic carboxylic acids is 1. The molecule has 1 aliphatic carbocycles. The smallest absolute Gasteiger partial charge is 0.326 e. The fraction of sp³-hybridized carbons (Fsp3) is 0.744. The molecular formula is C39H65N5O8. The van der Waals surface area contributed by atoms with Gasteiger partial charge in [0, 0.05) is 33.7 Å². The number of carbonyl (C=O) groups excluding carboxylic acids is 4. The van der Waals surface area contributed by atoms with E-state index in [0.717, 1.165) is 18.4 Å². The quantitative estimate of drug-likeness (QED) is 0.157. The van der Waals surface area contributed by atoms with Crippen molar-refractivity contribution in [2.75, 3.05) is 34.9 Å². The third-order valence-electron chi connectivity index (χ3n) is 10.7. The highest BCUT2D eigenvalue weighted by molar-refractivity contribution is 6.41. The summed E-state index contributed by atoms with van der Waals surface area (Å²) < 4.78 is 11.8. The normalized spacial score (nSPS) is 20.5. The van der Waals surface area contributed by atoms with Gasteiger partial charge in [0.25, 0.3) is 11.8 Å².